The summed E-state index contributed by atoms with van der Waals surface area (Å²) in [5, 5.41) is 11.9. The molecule has 1 amide bonds. The number of aryl methyl sites for hydroxylation is 1. The summed E-state index contributed by atoms with van der Waals surface area (Å²) in [7, 11) is 0. The molecule has 0 aliphatic heterocycles. The molecule has 2 aliphatic rings. The van der Waals surface area contributed by atoms with Gasteiger partial charge < -0.3 is 9.84 Å². The molecule has 29 heavy (non-hydrogen) atoms. The third-order valence-electron chi connectivity index (χ3n) is 6.24. The molecule has 2 aromatic heterocycles. The molecule has 5 rings (SSSR count). The Morgan fingerprint density at radius 1 is 1.24 bits per heavy atom. The van der Waals surface area contributed by atoms with Crippen LogP contribution in [0.1, 0.15) is 70.9 Å². The van der Waals surface area contributed by atoms with Gasteiger partial charge in [-0.3, -0.25) is 9.48 Å². The molecule has 0 bridgehead atoms. The predicted octanol–water partition coefficient (Wildman–Crippen LogP) is 3.85. The van der Waals surface area contributed by atoms with E-state index in [4.69, 9.17) is 4.52 Å². The van der Waals surface area contributed by atoms with E-state index in [-0.39, 0.29) is 11.9 Å². The Morgan fingerprint density at radius 2 is 2.10 bits per heavy atom. The third-order valence-corrected chi connectivity index (χ3v) is 6.24. The maximum atomic E-state index is 13.0. The summed E-state index contributed by atoms with van der Waals surface area (Å²) < 4.78 is 7.53. The first-order valence-electron chi connectivity index (χ1n) is 10.6. The van der Waals surface area contributed by atoms with E-state index in [2.05, 4.69) is 39.3 Å². The molecule has 1 aromatic carbocycles. The molecule has 0 unspecified atom stereocenters. The molecule has 3 aromatic rings. The van der Waals surface area contributed by atoms with Crippen LogP contribution in [-0.4, -0.2) is 20.8 Å². The topological polar surface area (TPSA) is 73.0 Å². The highest BCUT2D eigenvalue weighted by atomic mass is 16.5. The first-order valence-corrected chi connectivity index (χ1v) is 10.6. The van der Waals surface area contributed by atoms with Crippen LogP contribution in [0.15, 0.2) is 41.1 Å². The van der Waals surface area contributed by atoms with Gasteiger partial charge in [-0.2, -0.15) is 5.10 Å². The van der Waals surface area contributed by atoms with Crippen molar-refractivity contribution in [2.45, 2.75) is 58.0 Å². The number of hydrogen-bond acceptors (Lipinski definition) is 4. The lowest BCUT2D eigenvalue weighted by Crippen LogP contribution is -2.32. The second-order valence-corrected chi connectivity index (χ2v) is 8.39. The second-order valence-electron chi connectivity index (χ2n) is 8.39. The molecule has 2 atom stereocenters. The highest BCUT2D eigenvalue weighted by Crippen LogP contribution is 2.32. The van der Waals surface area contributed by atoms with Gasteiger partial charge in [-0.1, -0.05) is 42.4 Å². The molecule has 0 fully saturated rings. The molecule has 0 saturated heterocycles. The third kappa shape index (κ3) is 3.48. The van der Waals surface area contributed by atoms with Gasteiger partial charge in [-0.15, -0.1) is 0 Å². The Balaban J connectivity index is 1.35. The Hall–Kier alpha value is -2.89. The molecule has 6 nitrogen and oxygen atoms in total. The van der Waals surface area contributed by atoms with Crippen molar-refractivity contribution in [1.29, 1.82) is 0 Å². The summed E-state index contributed by atoms with van der Waals surface area (Å²) in [5.74, 6) is 1.32. The normalized spacial score (nSPS) is 20.7. The number of fused-ring (bicyclic) bond motifs is 2. The van der Waals surface area contributed by atoms with E-state index in [1.54, 1.807) is 0 Å². The molecule has 1 N–H and O–H groups in total. The smallest absolute Gasteiger partial charge is 0.274 e. The van der Waals surface area contributed by atoms with Crippen LogP contribution < -0.4 is 5.32 Å². The summed E-state index contributed by atoms with van der Waals surface area (Å²) >= 11 is 0. The fraction of sp³-hybridized carbons (Fsp3) is 0.435. The van der Waals surface area contributed by atoms with E-state index in [0.717, 1.165) is 62.0 Å². The molecule has 0 saturated carbocycles. The van der Waals surface area contributed by atoms with Crippen LogP contribution in [0.2, 0.25) is 0 Å². The van der Waals surface area contributed by atoms with Crippen LogP contribution >= 0.6 is 0 Å². The summed E-state index contributed by atoms with van der Waals surface area (Å²) in [6.07, 6.45) is 7.70. The molecule has 0 radical (unpaired) electrons. The lowest BCUT2D eigenvalue weighted by atomic mass is 9.88. The maximum absolute atomic E-state index is 13.0. The van der Waals surface area contributed by atoms with E-state index in [0.29, 0.717) is 11.6 Å². The molecular formula is C23H26N4O2. The van der Waals surface area contributed by atoms with Crippen molar-refractivity contribution in [3.63, 3.8) is 0 Å². The predicted molar refractivity (Wildman–Crippen MR) is 109 cm³/mol. The minimum Gasteiger partial charge on any atom is -0.360 e. The molecular weight excluding hydrogens is 364 g/mol. The van der Waals surface area contributed by atoms with Gasteiger partial charge in [0, 0.05) is 23.2 Å². The zero-order valence-electron chi connectivity index (χ0n) is 16.7. The minimum atomic E-state index is -0.127. The first-order chi connectivity index (χ1) is 14.2. The Kier molecular flexibility index (Phi) is 4.70. The van der Waals surface area contributed by atoms with Crippen molar-refractivity contribution < 1.29 is 9.32 Å². The van der Waals surface area contributed by atoms with E-state index < -0.39 is 0 Å². The van der Waals surface area contributed by atoms with E-state index in [1.807, 2.05) is 24.4 Å². The number of nitrogens with zero attached hydrogens (tertiary/aromatic N) is 3. The highest BCUT2D eigenvalue weighted by Gasteiger charge is 2.30. The van der Waals surface area contributed by atoms with Gasteiger partial charge in [0.15, 0.2) is 5.69 Å². The lowest BCUT2D eigenvalue weighted by Gasteiger charge is -2.24. The van der Waals surface area contributed by atoms with Crippen LogP contribution in [0.5, 0.6) is 0 Å². The van der Waals surface area contributed by atoms with Crippen LogP contribution in [0.25, 0.3) is 0 Å². The van der Waals surface area contributed by atoms with Crippen LogP contribution in [0.4, 0.5) is 0 Å². The number of rotatable bonds is 4. The Bertz CT molecular complexity index is 1020. The minimum absolute atomic E-state index is 0.0239. The number of carbonyl (C=O) groups excluding carboxylic acids is 1. The van der Waals surface area contributed by atoms with E-state index >= 15 is 0 Å². The van der Waals surface area contributed by atoms with Crippen molar-refractivity contribution in [2.75, 3.05) is 0 Å². The van der Waals surface area contributed by atoms with Crippen molar-refractivity contribution in [2.24, 2.45) is 5.92 Å². The number of nitrogens with one attached hydrogen (secondary N) is 1. The zero-order chi connectivity index (χ0) is 19.8. The average molecular weight is 390 g/mol. The van der Waals surface area contributed by atoms with Gasteiger partial charge in [0.2, 0.25) is 0 Å². The fourth-order valence-electron chi connectivity index (χ4n) is 4.64. The van der Waals surface area contributed by atoms with E-state index in [1.165, 1.54) is 11.3 Å². The van der Waals surface area contributed by atoms with E-state index in [9.17, 15) is 4.79 Å². The largest absolute Gasteiger partial charge is 0.360 e. The monoisotopic (exact) mass is 390 g/mol. The summed E-state index contributed by atoms with van der Waals surface area (Å²) in [5.41, 5.74) is 5.05. The van der Waals surface area contributed by atoms with Gasteiger partial charge in [0.1, 0.15) is 5.76 Å². The Morgan fingerprint density at radius 3 is 2.97 bits per heavy atom. The second kappa shape index (κ2) is 7.50. The van der Waals surface area contributed by atoms with Crippen LogP contribution in [0.3, 0.4) is 0 Å². The van der Waals surface area contributed by atoms with Crippen molar-refractivity contribution in [3.8, 4) is 0 Å². The SMILES string of the molecule is C[C@H]1CCc2onc(C(=O)N[C@H]3CCCc4c3cnn4Cc3ccccc3)c2C1. The summed E-state index contributed by atoms with van der Waals surface area (Å²) in [6.45, 7) is 2.97. The van der Waals surface area contributed by atoms with Crippen molar-refractivity contribution >= 4 is 5.91 Å². The van der Waals surface area contributed by atoms with Gasteiger partial charge in [-0.05, 0) is 43.6 Å². The molecule has 150 valence electrons. The van der Waals surface area contributed by atoms with Crippen LogP contribution in [-0.2, 0) is 25.8 Å². The molecule has 0 spiro atoms. The van der Waals surface area contributed by atoms with Crippen molar-refractivity contribution in [1.82, 2.24) is 20.3 Å². The Labute approximate surface area is 170 Å². The maximum Gasteiger partial charge on any atom is 0.274 e. The molecule has 2 aliphatic carbocycles. The average Bonchev–Trinajstić information content (AvgIpc) is 3.33. The number of benzene rings is 1. The molecule has 6 heteroatoms. The molecule has 2 heterocycles. The van der Waals surface area contributed by atoms with Crippen LogP contribution in [0, 0.1) is 5.92 Å². The number of aromatic nitrogens is 3. The van der Waals surface area contributed by atoms with Gasteiger partial charge in [0.25, 0.3) is 5.91 Å². The van der Waals surface area contributed by atoms with Crippen molar-refractivity contribution in [3.05, 3.63) is 70.4 Å². The quantitative estimate of drug-likeness (QED) is 0.734. The lowest BCUT2D eigenvalue weighted by molar-refractivity contribution is 0.0922. The zero-order valence-corrected chi connectivity index (χ0v) is 16.7. The highest BCUT2D eigenvalue weighted by molar-refractivity contribution is 5.94. The number of hydrogen-bond donors (Lipinski definition) is 1. The van der Waals surface area contributed by atoms with Gasteiger partial charge in [0.05, 0.1) is 18.8 Å². The van der Waals surface area contributed by atoms with Gasteiger partial charge >= 0.3 is 0 Å². The summed E-state index contributed by atoms with van der Waals surface area (Å²) in [6, 6.07) is 10.3. The standard InChI is InChI=1S/C23H26N4O2/c1-15-10-11-21-17(12-15)22(26-29-21)23(28)25-19-8-5-9-20-18(19)13-24-27(20)14-16-6-3-2-4-7-16/h2-4,6-7,13,15,19H,5,8-12,14H2,1H3,(H,25,28)/t15-,19-/m0/s1. The number of carbonyl (C=O) groups is 1. The van der Waals surface area contributed by atoms with Gasteiger partial charge in [-0.25, -0.2) is 0 Å². The fourth-order valence-corrected chi connectivity index (χ4v) is 4.64. The number of amides is 1. The first kappa shape index (κ1) is 18.2. The summed E-state index contributed by atoms with van der Waals surface area (Å²) in [4.78, 5) is 13.0.